The molecule has 0 spiro atoms. The molecule has 1 fully saturated rings. The number of benzene rings is 1. The lowest BCUT2D eigenvalue weighted by atomic mass is 9.90. The molecule has 0 saturated carbocycles. The normalized spacial score (nSPS) is 19.1. The molecule has 5 heteroatoms. The van der Waals surface area contributed by atoms with E-state index in [1.807, 2.05) is 0 Å². The second kappa shape index (κ2) is 5.64. The molecule has 0 aromatic heterocycles. The number of nitrogens with one attached hydrogen (secondary N) is 1. The summed E-state index contributed by atoms with van der Waals surface area (Å²) in [5, 5.41) is 3.51. The number of halogens is 3. The smallest absolute Gasteiger partial charge is 0.368 e. The standard InChI is InChI=1S/C15H21F3N2/c1-3-14(4-2)11-20(9-8-19-14)13-7-5-6-12(10-13)15(16,17)18/h5-7,10,19H,3-4,8-9,11H2,1-2H3. The summed E-state index contributed by atoms with van der Waals surface area (Å²) < 4.78 is 38.4. The van der Waals surface area contributed by atoms with Gasteiger partial charge < -0.3 is 10.2 Å². The largest absolute Gasteiger partial charge is 0.416 e. The highest BCUT2D eigenvalue weighted by Gasteiger charge is 2.34. The fraction of sp³-hybridized carbons (Fsp3) is 0.600. The molecule has 0 radical (unpaired) electrons. The van der Waals surface area contributed by atoms with Gasteiger partial charge >= 0.3 is 6.18 Å². The average Bonchev–Trinajstić information content (AvgIpc) is 2.46. The van der Waals surface area contributed by atoms with Gasteiger partial charge in [0.05, 0.1) is 5.56 Å². The minimum atomic E-state index is -4.28. The molecule has 1 N–H and O–H groups in total. The molecule has 0 unspecified atom stereocenters. The number of alkyl halides is 3. The third-order valence-electron chi connectivity index (χ3n) is 4.27. The Balaban J connectivity index is 2.23. The van der Waals surface area contributed by atoms with Crippen LogP contribution in [0.4, 0.5) is 18.9 Å². The fourth-order valence-corrected chi connectivity index (χ4v) is 2.78. The monoisotopic (exact) mass is 286 g/mol. The lowest BCUT2D eigenvalue weighted by Crippen LogP contribution is -2.60. The molecule has 2 rings (SSSR count). The van der Waals surface area contributed by atoms with Crippen molar-refractivity contribution in [3.8, 4) is 0 Å². The van der Waals surface area contributed by atoms with Crippen molar-refractivity contribution in [2.24, 2.45) is 0 Å². The van der Waals surface area contributed by atoms with Crippen LogP contribution in [0.25, 0.3) is 0 Å². The number of rotatable bonds is 3. The predicted molar refractivity (Wildman–Crippen MR) is 75.0 cm³/mol. The summed E-state index contributed by atoms with van der Waals surface area (Å²) in [7, 11) is 0. The average molecular weight is 286 g/mol. The van der Waals surface area contributed by atoms with Gasteiger partial charge in [-0.15, -0.1) is 0 Å². The second-order valence-electron chi connectivity index (χ2n) is 5.38. The van der Waals surface area contributed by atoms with Gasteiger partial charge in [0, 0.05) is 30.9 Å². The van der Waals surface area contributed by atoms with Crippen molar-refractivity contribution in [1.82, 2.24) is 5.32 Å². The lowest BCUT2D eigenvalue weighted by molar-refractivity contribution is -0.137. The van der Waals surface area contributed by atoms with Gasteiger partial charge in [-0.25, -0.2) is 0 Å². The van der Waals surface area contributed by atoms with Crippen LogP contribution in [0, 0.1) is 0 Å². The summed E-state index contributed by atoms with van der Waals surface area (Å²) in [5.41, 5.74) is 0.0895. The Labute approximate surface area is 118 Å². The zero-order valence-corrected chi connectivity index (χ0v) is 11.9. The van der Waals surface area contributed by atoms with Gasteiger partial charge in [0.1, 0.15) is 0 Å². The third kappa shape index (κ3) is 3.08. The second-order valence-corrected chi connectivity index (χ2v) is 5.38. The van der Waals surface area contributed by atoms with Crippen LogP contribution in [-0.2, 0) is 6.18 Å². The molecule has 1 saturated heterocycles. The maximum Gasteiger partial charge on any atom is 0.416 e. The van der Waals surface area contributed by atoms with Gasteiger partial charge in [-0.05, 0) is 31.0 Å². The van der Waals surface area contributed by atoms with E-state index in [1.54, 1.807) is 6.07 Å². The van der Waals surface area contributed by atoms with E-state index < -0.39 is 11.7 Å². The Morgan fingerprint density at radius 3 is 2.55 bits per heavy atom. The van der Waals surface area contributed by atoms with Crippen LogP contribution in [0.15, 0.2) is 24.3 Å². The maximum atomic E-state index is 12.8. The van der Waals surface area contributed by atoms with Gasteiger partial charge in [0.2, 0.25) is 0 Å². The van der Waals surface area contributed by atoms with E-state index in [9.17, 15) is 13.2 Å². The number of hydrogen-bond donors (Lipinski definition) is 1. The van der Waals surface area contributed by atoms with E-state index in [4.69, 9.17) is 0 Å². The third-order valence-corrected chi connectivity index (χ3v) is 4.27. The first-order valence-electron chi connectivity index (χ1n) is 7.07. The topological polar surface area (TPSA) is 15.3 Å². The van der Waals surface area contributed by atoms with E-state index in [2.05, 4.69) is 24.1 Å². The molecule has 1 aliphatic heterocycles. The van der Waals surface area contributed by atoms with Crippen molar-refractivity contribution in [2.75, 3.05) is 24.5 Å². The van der Waals surface area contributed by atoms with Crippen molar-refractivity contribution < 1.29 is 13.2 Å². The van der Waals surface area contributed by atoms with Gasteiger partial charge in [0.25, 0.3) is 0 Å². The quantitative estimate of drug-likeness (QED) is 0.912. The van der Waals surface area contributed by atoms with Crippen LogP contribution >= 0.6 is 0 Å². The summed E-state index contributed by atoms with van der Waals surface area (Å²) in [4.78, 5) is 2.05. The summed E-state index contributed by atoms with van der Waals surface area (Å²) in [6.07, 6.45) is -2.34. The first-order chi connectivity index (χ1) is 9.40. The molecule has 1 heterocycles. The Bertz CT molecular complexity index is 453. The summed E-state index contributed by atoms with van der Waals surface area (Å²) in [6, 6.07) is 5.62. The molecular weight excluding hydrogens is 265 g/mol. The molecule has 0 aliphatic carbocycles. The Kier molecular flexibility index (Phi) is 4.28. The molecule has 0 atom stereocenters. The molecule has 1 aromatic rings. The minimum Gasteiger partial charge on any atom is -0.368 e. The number of hydrogen-bond acceptors (Lipinski definition) is 2. The van der Waals surface area contributed by atoms with Crippen molar-refractivity contribution in [2.45, 2.75) is 38.4 Å². The minimum absolute atomic E-state index is 0.00644. The maximum absolute atomic E-state index is 12.8. The Morgan fingerprint density at radius 2 is 1.95 bits per heavy atom. The molecule has 20 heavy (non-hydrogen) atoms. The molecule has 1 aliphatic rings. The fourth-order valence-electron chi connectivity index (χ4n) is 2.78. The highest BCUT2D eigenvalue weighted by atomic mass is 19.4. The van der Waals surface area contributed by atoms with Crippen LogP contribution in [0.2, 0.25) is 0 Å². The van der Waals surface area contributed by atoms with Gasteiger partial charge in [-0.2, -0.15) is 13.2 Å². The highest BCUT2D eigenvalue weighted by molar-refractivity contribution is 5.50. The molecule has 0 amide bonds. The van der Waals surface area contributed by atoms with Gasteiger partial charge in [0.15, 0.2) is 0 Å². The van der Waals surface area contributed by atoms with Crippen LogP contribution in [0.3, 0.4) is 0 Å². The van der Waals surface area contributed by atoms with Crippen molar-refractivity contribution in [3.63, 3.8) is 0 Å². The molecule has 0 bridgehead atoms. The van der Waals surface area contributed by atoms with Crippen molar-refractivity contribution in [1.29, 1.82) is 0 Å². The Morgan fingerprint density at radius 1 is 1.25 bits per heavy atom. The number of piperazine rings is 1. The van der Waals surface area contributed by atoms with E-state index in [-0.39, 0.29) is 5.54 Å². The van der Waals surface area contributed by atoms with E-state index in [0.717, 1.165) is 38.5 Å². The van der Waals surface area contributed by atoms with Crippen LogP contribution in [-0.4, -0.2) is 25.2 Å². The number of nitrogens with zero attached hydrogens (tertiary/aromatic N) is 1. The van der Waals surface area contributed by atoms with Crippen LogP contribution in [0.5, 0.6) is 0 Å². The zero-order chi connectivity index (χ0) is 14.8. The molecular formula is C15H21F3N2. The Hall–Kier alpha value is -1.23. The summed E-state index contributed by atoms with van der Waals surface area (Å²) in [5.74, 6) is 0. The van der Waals surface area contributed by atoms with Crippen molar-refractivity contribution >= 4 is 5.69 Å². The van der Waals surface area contributed by atoms with E-state index in [1.165, 1.54) is 12.1 Å². The molecule has 1 aromatic carbocycles. The lowest BCUT2D eigenvalue weighted by Gasteiger charge is -2.44. The summed E-state index contributed by atoms with van der Waals surface area (Å²) >= 11 is 0. The summed E-state index contributed by atoms with van der Waals surface area (Å²) in [6.45, 7) is 6.53. The molecule has 112 valence electrons. The first-order valence-corrected chi connectivity index (χ1v) is 7.07. The first kappa shape index (κ1) is 15.2. The van der Waals surface area contributed by atoms with Crippen LogP contribution in [0.1, 0.15) is 32.3 Å². The zero-order valence-electron chi connectivity index (χ0n) is 11.9. The SMILES string of the molecule is CCC1(CC)CN(c2cccc(C(F)(F)F)c2)CCN1. The highest BCUT2D eigenvalue weighted by Crippen LogP contribution is 2.32. The van der Waals surface area contributed by atoms with Gasteiger partial charge in [-0.3, -0.25) is 0 Å². The molecule has 2 nitrogen and oxygen atoms in total. The number of anilines is 1. The van der Waals surface area contributed by atoms with Crippen molar-refractivity contribution in [3.05, 3.63) is 29.8 Å². The predicted octanol–water partition coefficient (Wildman–Crippen LogP) is 3.67. The van der Waals surface area contributed by atoms with E-state index in [0.29, 0.717) is 5.69 Å². The van der Waals surface area contributed by atoms with E-state index >= 15 is 0 Å². The van der Waals surface area contributed by atoms with Gasteiger partial charge in [-0.1, -0.05) is 19.9 Å². The van der Waals surface area contributed by atoms with Crippen LogP contribution < -0.4 is 10.2 Å².